The molecular formula is C11H21F2N. The summed E-state index contributed by atoms with van der Waals surface area (Å²) in [6.07, 6.45) is 0.0528. The Kier molecular flexibility index (Phi) is 3.51. The van der Waals surface area contributed by atoms with Crippen LogP contribution in [0.2, 0.25) is 0 Å². The number of hydrogen-bond donors (Lipinski definition) is 0. The van der Waals surface area contributed by atoms with Crippen LogP contribution in [0.15, 0.2) is 0 Å². The fourth-order valence-electron chi connectivity index (χ4n) is 2.24. The van der Waals surface area contributed by atoms with E-state index in [4.69, 9.17) is 0 Å². The molecule has 1 aliphatic rings. The van der Waals surface area contributed by atoms with Crippen molar-refractivity contribution in [1.29, 1.82) is 0 Å². The van der Waals surface area contributed by atoms with Crippen molar-refractivity contribution in [2.24, 2.45) is 5.92 Å². The maximum absolute atomic E-state index is 13.2. The summed E-state index contributed by atoms with van der Waals surface area (Å²) < 4.78 is 26.4. The highest BCUT2D eigenvalue weighted by molar-refractivity contribution is 4.89. The molecular weight excluding hydrogens is 184 g/mol. The van der Waals surface area contributed by atoms with Crippen molar-refractivity contribution in [2.75, 3.05) is 6.54 Å². The number of piperidine rings is 1. The Balaban J connectivity index is 2.71. The lowest BCUT2D eigenvalue weighted by atomic mass is 9.89. The van der Waals surface area contributed by atoms with Crippen molar-refractivity contribution in [2.45, 2.75) is 58.5 Å². The lowest BCUT2D eigenvalue weighted by Crippen LogP contribution is -2.52. The molecule has 1 saturated heterocycles. The summed E-state index contributed by atoms with van der Waals surface area (Å²) in [5.74, 6) is -2.14. The van der Waals surface area contributed by atoms with Crippen molar-refractivity contribution in [3.05, 3.63) is 0 Å². The molecule has 0 aromatic carbocycles. The van der Waals surface area contributed by atoms with E-state index in [1.54, 1.807) is 0 Å². The summed E-state index contributed by atoms with van der Waals surface area (Å²) in [7, 11) is 0. The van der Waals surface area contributed by atoms with Gasteiger partial charge in [-0.25, -0.2) is 8.78 Å². The lowest BCUT2D eigenvalue weighted by molar-refractivity contribution is -0.0941. The van der Waals surface area contributed by atoms with E-state index in [9.17, 15) is 8.78 Å². The second-order valence-electron chi connectivity index (χ2n) is 4.95. The van der Waals surface area contributed by atoms with E-state index in [1.807, 2.05) is 13.8 Å². The minimum Gasteiger partial charge on any atom is -0.297 e. The molecule has 1 fully saturated rings. The van der Waals surface area contributed by atoms with Gasteiger partial charge in [-0.15, -0.1) is 0 Å². The van der Waals surface area contributed by atoms with Crippen LogP contribution in [0.25, 0.3) is 0 Å². The summed E-state index contributed by atoms with van der Waals surface area (Å²) in [5, 5.41) is 0. The summed E-state index contributed by atoms with van der Waals surface area (Å²) in [4.78, 5) is 2.21. The highest BCUT2D eigenvalue weighted by atomic mass is 19.3. The molecule has 0 saturated carbocycles. The molecule has 0 aliphatic carbocycles. The van der Waals surface area contributed by atoms with Crippen LogP contribution in [0, 0.1) is 5.92 Å². The van der Waals surface area contributed by atoms with Crippen LogP contribution in [0.3, 0.4) is 0 Å². The first kappa shape index (κ1) is 11.9. The zero-order valence-electron chi connectivity index (χ0n) is 9.56. The number of rotatable bonds is 2. The highest BCUT2D eigenvalue weighted by Crippen LogP contribution is 2.35. The van der Waals surface area contributed by atoms with Crippen molar-refractivity contribution in [3.8, 4) is 0 Å². The fraction of sp³-hybridized carbons (Fsp3) is 1.00. The van der Waals surface area contributed by atoms with Gasteiger partial charge in [0, 0.05) is 31.5 Å². The number of likely N-dealkylation sites (tertiary alicyclic amines) is 1. The monoisotopic (exact) mass is 205 g/mol. The predicted octanol–water partition coefficient (Wildman–Crippen LogP) is 3.15. The molecule has 1 heterocycles. The Morgan fingerprint density at radius 1 is 1.21 bits per heavy atom. The molecule has 0 aromatic heterocycles. The molecule has 1 nitrogen and oxygen atoms in total. The molecule has 0 radical (unpaired) electrons. The average Bonchev–Trinajstić information content (AvgIpc) is 2.01. The van der Waals surface area contributed by atoms with Crippen molar-refractivity contribution < 1.29 is 8.78 Å². The molecule has 3 heteroatoms. The van der Waals surface area contributed by atoms with Gasteiger partial charge < -0.3 is 0 Å². The first-order chi connectivity index (χ1) is 6.33. The second kappa shape index (κ2) is 4.13. The third-order valence-electron chi connectivity index (χ3n) is 3.10. The first-order valence-electron chi connectivity index (χ1n) is 5.47. The Bertz CT molecular complexity index is 190. The molecule has 0 aromatic rings. The predicted molar refractivity (Wildman–Crippen MR) is 54.6 cm³/mol. The number of hydrogen-bond acceptors (Lipinski definition) is 1. The minimum atomic E-state index is -2.44. The maximum Gasteiger partial charge on any atom is 0.250 e. The smallest absolute Gasteiger partial charge is 0.250 e. The summed E-state index contributed by atoms with van der Waals surface area (Å²) in [6.45, 7) is 8.76. The largest absolute Gasteiger partial charge is 0.297 e. The van der Waals surface area contributed by atoms with Crippen LogP contribution in [-0.4, -0.2) is 29.5 Å². The van der Waals surface area contributed by atoms with E-state index in [2.05, 4.69) is 18.7 Å². The Morgan fingerprint density at radius 2 is 1.79 bits per heavy atom. The quantitative estimate of drug-likeness (QED) is 0.669. The third-order valence-corrected chi connectivity index (χ3v) is 3.10. The van der Waals surface area contributed by atoms with E-state index < -0.39 is 5.92 Å². The van der Waals surface area contributed by atoms with Crippen LogP contribution >= 0.6 is 0 Å². The van der Waals surface area contributed by atoms with Gasteiger partial charge in [0.25, 0.3) is 5.92 Å². The molecule has 14 heavy (non-hydrogen) atoms. The van der Waals surface area contributed by atoms with Crippen LogP contribution in [0.1, 0.15) is 40.5 Å². The number of alkyl halides is 2. The normalized spacial score (nSPS) is 28.7. The van der Waals surface area contributed by atoms with Gasteiger partial charge in [0.15, 0.2) is 0 Å². The molecule has 0 bridgehead atoms. The van der Waals surface area contributed by atoms with Crippen molar-refractivity contribution in [3.63, 3.8) is 0 Å². The number of halogens is 2. The second-order valence-corrected chi connectivity index (χ2v) is 4.95. The summed E-state index contributed by atoms with van der Waals surface area (Å²) in [6, 6.07) is 0.414. The van der Waals surface area contributed by atoms with Crippen molar-refractivity contribution in [1.82, 2.24) is 4.90 Å². The van der Waals surface area contributed by atoms with E-state index in [0.717, 1.165) is 0 Å². The Morgan fingerprint density at radius 3 is 2.21 bits per heavy atom. The van der Waals surface area contributed by atoms with Crippen LogP contribution in [0.5, 0.6) is 0 Å². The molecule has 0 spiro atoms. The van der Waals surface area contributed by atoms with Crippen LogP contribution in [0.4, 0.5) is 8.78 Å². The molecule has 1 unspecified atom stereocenters. The van der Waals surface area contributed by atoms with Gasteiger partial charge in [-0.05, 0) is 19.8 Å². The Hall–Kier alpha value is -0.180. The van der Waals surface area contributed by atoms with E-state index in [-0.39, 0.29) is 18.9 Å². The molecule has 84 valence electrons. The molecule has 1 aliphatic heterocycles. The molecule has 1 atom stereocenters. The van der Waals surface area contributed by atoms with Crippen molar-refractivity contribution >= 4 is 0 Å². The average molecular weight is 205 g/mol. The SMILES string of the molecule is CC(C)C1CC(F)(F)CCN1C(C)C. The van der Waals surface area contributed by atoms with Crippen LogP contribution in [-0.2, 0) is 0 Å². The molecule has 1 rings (SSSR count). The molecule has 0 N–H and O–H groups in total. The highest BCUT2D eigenvalue weighted by Gasteiger charge is 2.41. The van der Waals surface area contributed by atoms with Gasteiger partial charge in [-0.2, -0.15) is 0 Å². The van der Waals surface area contributed by atoms with E-state index >= 15 is 0 Å². The van der Waals surface area contributed by atoms with Gasteiger partial charge >= 0.3 is 0 Å². The van der Waals surface area contributed by atoms with Crippen LogP contribution < -0.4 is 0 Å². The van der Waals surface area contributed by atoms with E-state index in [0.29, 0.717) is 18.5 Å². The minimum absolute atomic E-state index is 0.0222. The van der Waals surface area contributed by atoms with Gasteiger partial charge in [-0.1, -0.05) is 13.8 Å². The first-order valence-corrected chi connectivity index (χ1v) is 5.47. The van der Waals surface area contributed by atoms with E-state index in [1.165, 1.54) is 0 Å². The van der Waals surface area contributed by atoms with Gasteiger partial charge in [-0.3, -0.25) is 4.90 Å². The fourth-order valence-corrected chi connectivity index (χ4v) is 2.24. The molecule has 0 amide bonds. The van der Waals surface area contributed by atoms with Gasteiger partial charge in [0.1, 0.15) is 0 Å². The zero-order chi connectivity index (χ0) is 10.9. The standard InChI is InChI=1S/C11H21F2N/c1-8(2)10-7-11(12,13)5-6-14(10)9(3)4/h8-10H,5-7H2,1-4H3. The lowest BCUT2D eigenvalue weighted by Gasteiger charge is -2.43. The summed E-state index contributed by atoms with van der Waals surface area (Å²) in [5.41, 5.74) is 0. The Labute approximate surface area is 85.5 Å². The topological polar surface area (TPSA) is 3.24 Å². The number of nitrogens with zero attached hydrogens (tertiary/aromatic N) is 1. The zero-order valence-corrected chi connectivity index (χ0v) is 9.56. The van der Waals surface area contributed by atoms with Gasteiger partial charge in [0.2, 0.25) is 0 Å². The summed E-state index contributed by atoms with van der Waals surface area (Å²) >= 11 is 0. The third kappa shape index (κ3) is 2.66. The van der Waals surface area contributed by atoms with Gasteiger partial charge in [0.05, 0.1) is 0 Å². The maximum atomic E-state index is 13.2.